The summed E-state index contributed by atoms with van der Waals surface area (Å²) in [5.74, 6) is 1.94. The van der Waals surface area contributed by atoms with Crippen LogP contribution in [0.5, 0.6) is 0 Å². The van der Waals surface area contributed by atoms with E-state index in [1.165, 1.54) is 24.4 Å². The Kier molecular flexibility index (Phi) is 4.30. The maximum Gasteiger partial charge on any atom is 0.246 e. The number of carbonyl (C=O) groups excluding carboxylic acids is 1. The van der Waals surface area contributed by atoms with Gasteiger partial charge in [0.05, 0.1) is 5.69 Å². The van der Waals surface area contributed by atoms with E-state index < -0.39 is 0 Å². The van der Waals surface area contributed by atoms with Crippen LogP contribution in [0, 0.1) is 0 Å². The van der Waals surface area contributed by atoms with Gasteiger partial charge in [0, 0.05) is 51.3 Å². The third-order valence-corrected chi connectivity index (χ3v) is 5.00. The van der Waals surface area contributed by atoms with Gasteiger partial charge in [0.15, 0.2) is 0 Å². The van der Waals surface area contributed by atoms with Crippen molar-refractivity contribution in [3.05, 3.63) is 53.7 Å². The van der Waals surface area contributed by atoms with Crippen LogP contribution in [0.4, 0.5) is 5.82 Å². The van der Waals surface area contributed by atoms with Crippen molar-refractivity contribution < 1.29 is 4.79 Å². The quantitative estimate of drug-likeness (QED) is 0.806. The number of nitrogens with zero attached hydrogens (tertiary/aromatic N) is 4. The van der Waals surface area contributed by atoms with E-state index >= 15 is 0 Å². The Morgan fingerprint density at radius 1 is 1.12 bits per heavy atom. The van der Waals surface area contributed by atoms with Crippen molar-refractivity contribution >= 4 is 17.8 Å². The zero-order chi connectivity index (χ0) is 17.2. The summed E-state index contributed by atoms with van der Waals surface area (Å²) in [6.07, 6.45) is 6.11. The summed E-state index contributed by atoms with van der Waals surface area (Å²) < 4.78 is 1.99. The highest BCUT2D eigenvalue weighted by atomic mass is 16.2. The van der Waals surface area contributed by atoms with Gasteiger partial charge in [-0.15, -0.1) is 0 Å². The number of piperazine rings is 1. The number of rotatable bonds is 4. The second-order valence-corrected chi connectivity index (χ2v) is 6.88. The molecule has 1 aromatic heterocycles. The predicted octanol–water partition coefficient (Wildman–Crippen LogP) is 2.66. The van der Waals surface area contributed by atoms with Crippen molar-refractivity contribution in [2.45, 2.75) is 18.8 Å². The zero-order valence-electron chi connectivity index (χ0n) is 14.6. The molecule has 130 valence electrons. The first-order chi connectivity index (χ1) is 12.2. The van der Waals surface area contributed by atoms with Crippen LogP contribution in [0.2, 0.25) is 0 Å². The monoisotopic (exact) mass is 336 g/mol. The molecule has 2 fully saturated rings. The largest absolute Gasteiger partial charge is 0.353 e. The highest BCUT2D eigenvalue weighted by molar-refractivity contribution is 5.91. The summed E-state index contributed by atoms with van der Waals surface area (Å²) >= 11 is 0. The molecular weight excluding hydrogens is 312 g/mol. The molecule has 1 aromatic carbocycles. The van der Waals surface area contributed by atoms with E-state index in [-0.39, 0.29) is 5.91 Å². The molecule has 1 amide bonds. The Bertz CT molecular complexity index is 768. The average molecular weight is 336 g/mol. The number of anilines is 1. The molecule has 0 bridgehead atoms. The summed E-state index contributed by atoms with van der Waals surface area (Å²) in [6.45, 7) is 3.22. The van der Waals surface area contributed by atoms with Crippen LogP contribution < -0.4 is 4.90 Å². The lowest BCUT2D eigenvalue weighted by Gasteiger charge is -2.35. The van der Waals surface area contributed by atoms with Gasteiger partial charge in [-0.3, -0.25) is 9.48 Å². The van der Waals surface area contributed by atoms with E-state index in [0.29, 0.717) is 5.92 Å². The van der Waals surface area contributed by atoms with Crippen LogP contribution in [-0.4, -0.2) is 46.8 Å². The van der Waals surface area contributed by atoms with Crippen molar-refractivity contribution in [1.82, 2.24) is 14.7 Å². The first-order valence-corrected chi connectivity index (χ1v) is 9.01. The Balaban J connectivity index is 1.35. The number of aromatic nitrogens is 2. The molecule has 0 unspecified atom stereocenters. The molecule has 1 saturated carbocycles. The van der Waals surface area contributed by atoms with Gasteiger partial charge in [0.1, 0.15) is 5.82 Å². The summed E-state index contributed by atoms with van der Waals surface area (Å²) in [5, 5.41) is 4.65. The molecule has 2 aliphatic rings. The van der Waals surface area contributed by atoms with E-state index in [9.17, 15) is 4.79 Å². The second kappa shape index (κ2) is 6.75. The lowest BCUT2D eigenvalue weighted by atomic mass is 10.2. The molecule has 5 nitrogen and oxygen atoms in total. The van der Waals surface area contributed by atoms with Crippen molar-refractivity contribution in [2.24, 2.45) is 7.05 Å². The minimum absolute atomic E-state index is 0.0900. The van der Waals surface area contributed by atoms with Gasteiger partial charge in [-0.1, -0.05) is 30.3 Å². The maximum atomic E-state index is 12.4. The number of amides is 1. The van der Waals surface area contributed by atoms with Crippen molar-refractivity contribution in [3.8, 4) is 0 Å². The molecule has 0 radical (unpaired) electrons. The molecule has 5 heteroatoms. The Hall–Kier alpha value is -2.56. The fourth-order valence-corrected chi connectivity index (χ4v) is 3.35. The zero-order valence-corrected chi connectivity index (χ0v) is 14.6. The Morgan fingerprint density at radius 3 is 2.52 bits per heavy atom. The minimum atomic E-state index is 0.0900. The van der Waals surface area contributed by atoms with Gasteiger partial charge in [0.2, 0.25) is 5.91 Å². The summed E-state index contributed by atoms with van der Waals surface area (Å²) in [6, 6.07) is 12.2. The topological polar surface area (TPSA) is 41.4 Å². The molecule has 1 saturated heterocycles. The fraction of sp³-hybridized carbons (Fsp3) is 0.400. The summed E-state index contributed by atoms with van der Waals surface area (Å²) in [4.78, 5) is 16.6. The SMILES string of the molecule is Cn1nc(C2CC2)cc1N1CCN(C(=O)C=Cc2ccccc2)CC1. The second-order valence-electron chi connectivity index (χ2n) is 6.88. The van der Waals surface area contributed by atoms with Gasteiger partial charge in [0.25, 0.3) is 0 Å². The molecule has 0 spiro atoms. The summed E-state index contributed by atoms with van der Waals surface area (Å²) in [7, 11) is 2.02. The highest BCUT2D eigenvalue weighted by Crippen LogP contribution is 2.40. The van der Waals surface area contributed by atoms with Crippen LogP contribution in [0.1, 0.15) is 30.0 Å². The Labute approximate surface area is 148 Å². The van der Waals surface area contributed by atoms with E-state index in [1.807, 2.05) is 53.0 Å². The van der Waals surface area contributed by atoms with Crippen LogP contribution in [0.3, 0.4) is 0 Å². The van der Waals surface area contributed by atoms with Gasteiger partial charge < -0.3 is 9.80 Å². The minimum Gasteiger partial charge on any atom is -0.353 e. The van der Waals surface area contributed by atoms with Crippen molar-refractivity contribution in [2.75, 3.05) is 31.1 Å². The first kappa shape index (κ1) is 15.9. The highest BCUT2D eigenvalue weighted by Gasteiger charge is 2.29. The molecule has 25 heavy (non-hydrogen) atoms. The van der Waals surface area contributed by atoms with Crippen LogP contribution in [0.15, 0.2) is 42.5 Å². The molecule has 1 aliphatic heterocycles. The van der Waals surface area contributed by atoms with Crippen LogP contribution in [0.25, 0.3) is 6.08 Å². The van der Waals surface area contributed by atoms with E-state index in [2.05, 4.69) is 16.1 Å². The van der Waals surface area contributed by atoms with Crippen LogP contribution in [-0.2, 0) is 11.8 Å². The van der Waals surface area contributed by atoms with Crippen molar-refractivity contribution in [3.63, 3.8) is 0 Å². The number of hydrogen-bond acceptors (Lipinski definition) is 3. The predicted molar refractivity (Wildman–Crippen MR) is 99.5 cm³/mol. The summed E-state index contributed by atoms with van der Waals surface area (Å²) in [5.41, 5.74) is 2.28. The smallest absolute Gasteiger partial charge is 0.246 e. The van der Waals surface area contributed by atoms with Gasteiger partial charge >= 0.3 is 0 Å². The molecule has 1 aliphatic carbocycles. The van der Waals surface area contributed by atoms with Gasteiger partial charge in [-0.2, -0.15) is 5.10 Å². The average Bonchev–Trinajstić information content (AvgIpc) is 3.43. The number of carbonyl (C=O) groups is 1. The third kappa shape index (κ3) is 3.60. The first-order valence-electron chi connectivity index (χ1n) is 9.01. The van der Waals surface area contributed by atoms with Crippen LogP contribution >= 0.6 is 0 Å². The Morgan fingerprint density at radius 2 is 1.84 bits per heavy atom. The number of aryl methyl sites for hydroxylation is 1. The number of benzene rings is 1. The van der Waals surface area contributed by atoms with E-state index in [0.717, 1.165) is 31.7 Å². The van der Waals surface area contributed by atoms with Gasteiger partial charge in [-0.25, -0.2) is 0 Å². The molecule has 4 rings (SSSR count). The standard InChI is InChI=1S/C20H24N4O/c1-22-19(15-18(21-22)17-8-9-17)23-11-13-24(14-12-23)20(25)10-7-16-5-3-2-4-6-16/h2-7,10,15,17H,8-9,11-14H2,1H3. The molecular formula is C20H24N4O. The molecule has 0 atom stereocenters. The maximum absolute atomic E-state index is 12.4. The third-order valence-electron chi connectivity index (χ3n) is 5.00. The normalized spacial score (nSPS) is 18.1. The molecule has 2 heterocycles. The van der Waals surface area contributed by atoms with Crippen molar-refractivity contribution in [1.29, 1.82) is 0 Å². The lowest BCUT2D eigenvalue weighted by molar-refractivity contribution is -0.126. The lowest BCUT2D eigenvalue weighted by Crippen LogP contribution is -2.48. The van der Waals surface area contributed by atoms with Gasteiger partial charge in [-0.05, 0) is 24.5 Å². The number of hydrogen-bond donors (Lipinski definition) is 0. The molecule has 2 aromatic rings. The fourth-order valence-electron chi connectivity index (χ4n) is 3.35. The van der Waals surface area contributed by atoms with E-state index in [1.54, 1.807) is 6.08 Å². The molecule has 0 N–H and O–H groups in total. The van der Waals surface area contributed by atoms with E-state index in [4.69, 9.17) is 0 Å².